The number of morpholine rings is 1. The Hall–Kier alpha value is -2.48. The summed E-state index contributed by atoms with van der Waals surface area (Å²) in [4.78, 5) is 20.8. The van der Waals surface area contributed by atoms with Gasteiger partial charge < -0.3 is 15.6 Å². The Morgan fingerprint density at radius 2 is 1.81 bits per heavy atom. The van der Waals surface area contributed by atoms with Crippen molar-refractivity contribution in [3.63, 3.8) is 0 Å². The summed E-state index contributed by atoms with van der Waals surface area (Å²) in [5.41, 5.74) is 10.4. The second kappa shape index (κ2) is 8.57. The number of aromatic nitrogens is 1. The highest BCUT2D eigenvalue weighted by Gasteiger charge is 2.33. The van der Waals surface area contributed by atoms with E-state index in [1.807, 2.05) is 0 Å². The van der Waals surface area contributed by atoms with Crippen molar-refractivity contribution in [1.29, 1.82) is 0 Å². The topological polar surface area (TPSA) is 91.9 Å². The van der Waals surface area contributed by atoms with E-state index in [-0.39, 0.29) is 11.4 Å². The first kappa shape index (κ1) is 20.4. The zero-order valence-electron chi connectivity index (χ0n) is 17.8. The molecule has 0 spiro atoms. The zero-order valence-corrected chi connectivity index (χ0v) is 17.8. The van der Waals surface area contributed by atoms with E-state index in [4.69, 9.17) is 10.5 Å². The minimum absolute atomic E-state index is 0.0537. The van der Waals surface area contributed by atoms with Gasteiger partial charge in [-0.05, 0) is 48.4 Å². The first-order chi connectivity index (χ1) is 15.1. The van der Waals surface area contributed by atoms with Crippen molar-refractivity contribution in [2.75, 3.05) is 45.1 Å². The number of fused-ring (bicyclic) bond motifs is 1. The summed E-state index contributed by atoms with van der Waals surface area (Å²) in [5, 5.41) is 9.34. The monoisotopic (exact) mass is 422 g/mol. The Morgan fingerprint density at radius 1 is 1.03 bits per heavy atom. The molecule has 3 aliphatic rings. The predicted octanol–water partition coefficient (Wildman–Crippen LogP) is 2.81. The summed E-state index contributed by atoms with van der Waals surface area (Å²) in [5.74, 6) is -0.994. The average Bonchev–Trinajstić information content (AvgIpc) is 3.23. The highest BCUT2D eigenvalue weighted by atomic mass is 16.5. The van der Waals surface area contributed by atoms with Gasteiger partial charge in [-0.15, -0.1) is 0 Å². The second-order valence-corrected chi connectivity index (χ2v) is 8.85. The number of piperidine rings is 1. The number of ether oxygens (including phenoxy) is 1. The van der Waals surface area contributed by atoms with Crippen molar-refractivity contribution in [3.8, 4) is 11.1 Å². The van der Waals surface area contributed by atoms with E-state index >= 15 is 0 Å². The summed E-state index contributed by atoms with van der Waals surface area (Å²) in [7, 11) is 0. The molecule has 7 nitrogen and oxygen atoms in total. The minimum atomic E-state index is -1.05. The third-order valence-corrected chi connectivity index (χ3v) is 7.17. The van der Waals surface area contributed by atoms with Gasteiger partial charge in [-0.25, -0.2) is 9.78 Å². The number of nitrogens with two attached hydrogens (primary N) is 1. The standard InChI is InChI=1S/C24H30N4O3/c25-23-21(24(29)30)14-18(15-26-23)16-1-3-20-17(13-16)2-4-22(20)28-7-5-19(6-8-28)27-9-11-31-12-10-27/h1,3,13-15,19,22H,2,4-12H2,(H2,25,26)(H,29,30). The summed E-state index contributed by atoms with van der Waals surface area (Å²) in [6.07, 6.45) is 6.34. The molecule has 3 heterocycles. The lowest BCUT2D eigenvalue weighted by Gasteiger charge is -2.42. The fourth-order valence-electron chi connectivity index (χ4n) is 5.46. The average molecular weight is 423 g/mol. The summed E-state index contributed by atoms with van der Waals surface area (Å²) in [6, 6.07) is 9.34. The minimum Gasteiger partial charge on any atom is -0.478 e. The molecule has 0 amide bonds. The lowest BCUT2D eigenvalue weighted by molar-refractivity contribution is -0.00335. The highest BCUT2D eigenvalue weighted by molar-refractivity contribution is 5.94. The van der Waals surface area contributed by atoms with Gasteiger partial charge in [0.25, 0.3) is 0 Å². The molecular formula is C24H30N4O3. The third-order valence-electron chi connectivity index (χ3n) is 7.17. The molecule has 5 rings (SSSR count). The van der Waals surface area contributed by atoms with Gasteiger partial charge in [0.2, 0.25) is 0 Å². The SMILES string of the molecule is Nc1ncc(-c2ccc3c(c2)CCC3N2CCC(N3CCOCC3)CC2)cc1C(=O)O. The van der Waals surface area contributed by atoms with Crippen molar-refractivity contribution in [1.82, 2.24) is 14.8 Å². The molecule has 7 heteroatoms. The maximum Gasteiger partial charge on any atom is 0.339 e. The number of likely N-dealkylation sites (tertiary alicyclic amines) is 1. The van der Waals surface area contributed by atoms with E-state index < -0.39 is 5.97 Å². The van der Waals surface area contributed by atoms with Crippen LogP contribution in [0.2, 0.25) is 0 Å². The number of carboxylic acids is 1. The van der Waals surface area contributed by atoms with Crippen LogP contribution in [0.15, 0.2) is 30.5 Å². The molecule has 1 aliphatic carbocycles. The van der Waals surface area contributed by atoms with E-state index in [9.17, 15) is 9.90 Å². The Morgan fingerprint density at radius 3 is 2.55 bits per heavy atom. The van der Waals surface area contributed by atoms with Crippen molar-refractivity contribution in [2.24, 2.45) is 0 Å². The third kappa shape index (κ3) is 4.05. The highest BCUT2D eigenvalue weighted by Crippen LogP contribution is 2.39. The fourth-order valence-corrected chi connectivity index (χ4v) is 5.46. The van der Waals surface area contributed by atoms with E-state index in [1.54, 1.807) is 12.3 Å². The van der Waals surface area contributed by atoms with Crippen LogP contribution in [0.3, 0.4) is 0 Å². The number of carbonyl (C=O) groups is 1. The number of hydrogen-bond acceptors (Lipinski definition) is 6. The smallest absolute Gasteiger partial charge is 0.339 e. The molecule has 1 atom stereocenters. The number of pyridine rings is 1. The van der Waals surface area contributed by atoms with Gasteiger partial charge in [-0.1, -0.05) is 18.2 Å². The van der Waals surface area contributed by atoms with Gasteiger partial charge in [0, 0.05) is 50.0 Å². The number of aryl methyl sites for hydroxylation is 1. The van der Waals surface area contributed by atoms with Gasteiger partial charge in [0.1, 0.15) is 11.4 Å². The first-order valence-corrected chi connectivity index (χ1v) is 11.3. The van der Waals surface area contributed by atoms with E-state index in [0.717, 1.165) is 63.4 Å². The van der Waals surface area contributed by atoms with Crippen LogP contribution in [0.1, 0.15) is 46.8 Å². The van der Waals surface area contributed by atoms with Crippen LogP contribution in [0, 0.1) is 0 Å². The van der Waals surface area contributed by atoms with Crippen LogP contribution < -0.4 is 5.73 Å². The molecule has 1 aromatic heterocycles. The van der Waals surface area contributed by atoms with Crippen LogP contribution in [0.25, 0.3) is 11.1 Å². The fraction of sp³-hybridized carbons (Fsp3) is 0.500. The predicted molar refractivity (Wildman–Crippen MR) is 119 cm³/mol. The Kier molecular flexibility index (Phi) is 5.65. The maximum atomic E-state index is 11.4. The second-order valence-electron chi connectivity index (χ2n) is 8.85. The van der Waals surface area contributed by atoms with Crippen LogP contribution >= 0.6 is 0 Å². The number of carboxylic acid groups (broad SMARTS) is 1. The van der Waals surface area contributed by atoms with Crippen LogP contribution in [-0.2, 0) is 11.2 Å². The first-order valence-electron chi connectivity index (χ1n) is 11.3. The van der Waals surface area contributed by atoms with Crippen molar-refractivity contribution < 1.29 is 14.6 Å². The maximum absolute atomic E-state index is 11.4. The largest absolute Gasteiger partial charge is 0.478 e. The summed E-state index contributed by atoms with van der Waals surface area (Å²) >= 11 is 0. The van der Waals surface area contributed by atoms with Crippen molar-refractivity contribution >= 4 is 11.8 Å². The summed E-state index contributed by atoms with van der Waals surface area (Å²) < 4.78 is 5.51. The quantitative estimate of drug-likeness (QED) is 0.783. The molecule has 0 saturated carbocycles. The van der Waals surface area contributed by atoms with Gasteiger partial charge in [0.05, 0.1) is 13.2 Å². The molecule has 164 valence electrons. The van der Waals surface area contributed by atoms with Crippen LogP contribution in [0.5, 0.6) is 0 Å². The number of anilines is 1. The number of aromatic carboxylic acids is 1. The normalized spacial score (nSPS) is 23.0. The van der Waals surface area contributed by atoms with Crippen molar-refractivity contribution in [3.05, 3.63) is 47.2 Å². The van der Waals surface area contributed by atoms with Gasteiger partial charge >= 0.3 is 5.97 Å². The molecule has 1 unspecified atom stereocenters. The molecule has 2 aliphatic heterocycles. The van der Waals surface area contributed by atoms with Crippen LogP contribution in [-0.4, -0.2) is 71.3 Å². The van der Waals surface area contributed by atoms with E-state index in [0.29, 0.717) is 12.1 Å². The number of nitrogens with zero attached hydrogens (tertiary/aromatic N) is 3. The summed E-state index contributed by atoms with van der Waals surface area (Å²) in [6.45, 7) is 6.19. The molecule has 0 radical (unpaired) electrons. The Bertz CT molecular complexity index is 965. The van der Waals surface area contributed by atoms with Gasteiger partial charge in [-0.2, -0.15) is 0 Å². The molecule has 2 fully saturated rings. The van der Waals surface area contributed by atoms with E-state index in [1.165, 1.54) is 24.0 Å². The van der Waals surface area contributed by atoms with Gasteiger partial charge in [0.15, 0.2) is 0 Å². The van der Waals surface area contributed by atoms with Gasteiger partial charge in [-0.3, -0.25) is 9.80 Å². The Labute approximate surface area is 182 Å². The number of benzene rings is 1. The number of rotatable bonds is 4. The van der Waals surface area contributed by atoms with E-state index in [2.05, 4.69) is 33.0 Å². The lowest BCUT2D eigenvalue weighted by atomic mass is 9.97. The molecule has 2 saturated heterocycles. The molecule has 1 aromatic carbocycles. The molecule has 2 aromatic rings. The molecular weight excluding hydrogens is 392 g/mol. The molecule has 3 N–H and O–H groups in total. The molecule has 0 bridgehead atoms. The number of nitrogen functional groups attached to an aromatic ring is 1. The van der Waals surface area contributed by atoms with Crippen molar-refractivity contribution in [2.45, 2.75) is 37.8 Å². The lowest BCUT2D eigenvalue weighted by Crippen LogP contribution is -2.49. The van der Waals surface area contributed by atoms with Crippen LogP contribution in [0.4, 0.5) is 5.82 Å². The molecule has 31 heavy (non-hydrogen) atoms. The Balaban J connectivity index is 1.29. The number of hydrogen-bond donors (Lipinski definition) is 2. The zero-order chi connectivity index (χ0) is 21.4.